The lowest BCUT2D eigenvalue weighted by atomic mass is 9.97. The van der Waals surface area contributed by atoms with E-state index < -0.39 is 12.1 Å². The molecule has 0 bridgehead atoms. The Bertz CT molecular complexity index is 1210. The van der Waals surface area contributed by atoms with E-state index in [0.717, 1.165) is 10.9 Å². The van der Waals surface area contributed by atoms with Crippen molar-refractivity contribution >= 4 is 28.6 Å². The van der Waals surface area contributed by atoms with E-state index in [-0.39, 0.29) is 47.3 Å². The number of carbonyl (C=O) groups is 3. The molecule has 3 fully saturated rings. The molecule has 3 N–H and O–H groups in total. The molecule has 1 aromatic heterocycles. The highest BCUT2D eigenvalue weighted by Crippen LogP contribution is 2.65. The van der Waals surface area contributed by atoms with Crippen LogP contribution in [0.4, 0.5) is 0 Å². The van der Waals surface area contributed by atoms with Crippen molar-refractivity contribution in [3.05, 3.63) is 30.0 Å². The summed E-state index contributed by atoms with van der Waals surface area (Å²) in [5.41, 5.74) is 1.14. The highest BCUT2D eigenvalue weighted by molar-refractivity contribution is 6.02. The first-order chi connectivity index (χ1) is 16.3. The second-order valence-corrected chi connectivity index (χ2v) is 10.2. The summed E-state index contributed by atoms with van der Waals surface area (Å²) in [6, 6.07) is 8.00. The first kappa shape index (κ1) is 22.3. The Labute approximate surface area is 197 Å². The van der Waals surface area contributed by atoms with Crippen LogP contribution < -0.4 is 15.4 Å². The van der Waals surface area contributed by atoms with E-state index in [2.05, 4.69) is 35.5 Å². The highest BCUT2D eigenvalue weighted by atomic mass is 16.5. The van der Waals surface area contributed by atoms with Crippen LogP contribution in [-0.2, 0) is 9.59 Å². The number of benzene rings is 1. The molecule has 5 atom stereocenters. The summed E-state index contributed by atoms with van der Waals surface area (Å²) < 4.78 is 5.41. The Morgan fingerprint density at radius 1 is 1.38 bits per heavy atom. The van der Waals surface area contributed by atoms with Crippen molar-refractivity contribution in [3.63, 3.8) is 0 Å². The van der Waals surface area contributed by atoms with Gasteiger partial charge in [-0.2, -0.15) is 5.26 Å². The molecule has 2 aromatic rings. The van der Waals surface area contributed by atoms with Crippen LogP contribution in [-0.4, -0.2) is 59.9 Å². The maximum Gasteiger partial charge on any atom is 0.271 e. The number of hydrogen-bond acceptors (Lipinski definition) is 5. The number of amides is 3. The van der Waals surface area contributed by atoms with Crippen LogP contribution in [0.15, 0.2) is 24.3 Å². The van der Waals surface area contributed by atoms with E-state index in [1.54, 1.807) is 18.1 Å². The van der Waals surface area contributed by atoms with Gasteiger partial charge in [0.25, 0.3) is 5.91 Å². The van der Waals surface area contributed by atoms with E-state index in [9.17, 15) is 19.6 Å². The summed E-state index contributed by atoms with van der Waals surface area (Å²) >= 11 is 0. The summed E-state index contributed by atoms with van der Waals surface area (Å²) in [6.45, 7) is 5.31. The normalized spacial score (nSPS) is 27.6. The molecule has 3 heterocycles. The molecule has 3 aliphatic rings. The van der Waals surface area contributed by atoms with Gasteiger partial charge in [0.15, 0.2) is 0 Å². The number of fused-ring (bicyclic) bond motifs is 2. The Balaban J connectivity index is 1.37. The largest absolute Gasteiger partial charge is 0.496 e. The van der Waals surface area contributed by atoms with Crippen LogP contribution in [0.2, 0.25) is 0 Å². The van der Waals surface area contributed by atoms with Crippen LogP contribution in [0.25, 0.3) is 10.9 Å². The van der Waals surface area contributed by atoms with Gasteiger partial charge in [-0.3, -0.25) is 14.4 Å². The molecule has 1 aliphatic carbocycles. The van der Waals surface area contributed by atoms with Gasteiger partial charge >= 0.3 is 0 Å². The second-order valence-electron chi connectivity index (χ2n) is 10.2. The molecule has 9 heteroatoms. The number of aromatic nitrogens is 1. The standard InChI is InChI=1S/C25H29N5O4/c1-25(2)16-12-30(24(33)18-10-15-17(29-18)5-4-6-19(15)34-3)21(20(16)25)23(32)28-14(11-26)9-13-7-8-27-22(13)31/h4-6,10,13-14,16,20-21,29H,7-9,12H2,1-3H3,(H,27,31)(H,28,32)/t13?,14?,16?,20-,21?/m1/s1. The third-order valence-electron chi connectivity index (χ3n) is 7.97. The zero-order chi connectivity index (χ0) is 24.2. The van der Waals surface area contributed by atoms with Crippen LogP contribution in [0.3, 0.4) is 0 Å². The van der Waals surface area contributed by atoms with E-state index in [1.807, 2.05) is 18.2 Å². The number of hydrogen-bond donors (Lipinski definition) is 3. The van der Waals surface area contributed by atoms with Crippen LogP contribution in [0.5, 0.6) is 5.75 Å². The molecular formula is C25H29N5O4. The molecule has 34 heavy (non-hydrogen) atoms. The maximum atomic E-state index is 13.5. The lowest BCUT2D eigenvalue weighted by Gasteiger charge is -2.30. The van der Waals surface area contributed by atoms with Gasteiger partial charge in [-0.1, -0.05) is 19.9 Å². The van der Waals surface area contributed by atoms with Gasteiger partial charge in [-0.15, -0.1) is 0 Å². The lowest BCUT2D eigenvalue weighted by molar-refractivity contribution is -0.127. The quantitative estimate of drug-likeness (QED) is 0.602. The molecule has 0 radical (unpaired) electrons. The Morgan fingerprint density at radius 2 is 2.18 bits per heavy atom. The van der Waals surface area contributed by atoms with Crippen LogP contribution in [0.1, 0.15) is 37.2 Å². The number of ether oxygens (including phenoxy) is 1. The van der Waals surface area contributed by atoms with E-state index in [0.29, 0.717) is 31.0 Å². The van der Waals surface area contributed by atoms with E-state index >= 15 is 0 Å². The molecule has 1 aromatic carbocycles. The molecule has 4 unspecified atom stereocenters. The molecular weight excluding hydrogens is 434 g/mol. The Hall–Kier alpha value is -3.54. The molecule has 9 nitrogen and oxygen atoms in total. The van der Waals surface area contributed by atoms with Gasteiger partial charge in [-0.05, 0) is 48.3 Å². The first-order valence-corrected chi connectivity index (χ1v) is 11.7. The van der Waals surface area contributed by atoms with Gasteiger partial charge in [-0.25, -0.2) is 0 Å². The summed E-state index contributed by atoms with van der Waals surface area (Å²) in [6.07, 6.45) is 0.927. The highest BCUT2D eigenvalue weighted by Gasteiger charge is 2.69. The fraction of sp³-hybridized carbons (Fsp3) is 0.520. The molecule has 5 rings (SSSR count). The topological polar surface area (TPSA) is 127 Å². The average molecular weight is 464 g/mol. The molecule has 3 amide bonds. The summed E-state index contributed by atoms with van der Waals surface area (Å²) in [7, 11) is 1.58. The minimum atomic E-state index is -0.781. The third kappa shape index (κ3) is 3.49. The van der Waals surface area contributed by atoms with Crippen molar-refractivity contribution in [2.24, 2.45) is 23.2 Å². The van der Waals surface area contributed by atoms with Crippen molar-refractivity contribution < 1.29 is 19.1 Å². The first-order valence-electron chi connectivity index (χ1n) is 11.7. The Kier molecular flexibility index (Phi) is 5.27. The molecule has 2 saturated heterocycles. The van der Waals surface area contributed by atoms with Crippen molar-refractivity contribution in [2.75, 3.05) is 20.2 Å². The lowest BCUT2D eigenvalue weighted by Crippen LogP contribution is -2.52. The number of rotatable bonds is 6. The van der Waals surface area contributed by atoms with Crippen LogP contribution >= 0.6 is 0 Å². The van der Waals surface area contributed by atoms with E-state index in [1.165, 1.54) is 0 Å². The van der Waals surface area contributed by atoms with Gasteiger partial charge in [0.1, 0.15) is 23.5 Å². The SMILES string of the molecule is COc1cccc2[nH]c(C(=O)N3CC4[C@H](C3C(=O)NC(C#N)CC3CCNC3=O)C4(C)C)cc12. The van der Waals surface area contributed by atoms with Crippen molar-refractivity contribution in [2.45, 2.75) is 38.8 Å². The van der Waals surface area contributed by atoms with Crippen molar-refractivity contribution in [1.29, 1.82) is 5.26 Å². The molecule has 178 valence electrons. The number of piperidine rings is 1. The van der Waals surface area contributed by atoms with Gasteiger partial charge in [0, 0.05) is 29.9 Å². The molecule has 2 aliphatic heterocycles. The number of nitrogens with one attached hydrogen (secondary N) is 3. The predicted molar refractivity (Wildman–Crippen MR) is 124 cm³/mol. The summed E-state index contributed by atoms with van der Waals surface area (Å²) in [4.78, 5) is 43.7. The van der Waals surface area contributed by atoms with Crippen molar-refractivity contribution in [3.8, 4) is 11.8 Å². The summed E-state index contributed by atoms with van der Waals surface area (Å²) in [5, 5.41) is 16.0. The zero-order valence-corrected chi connectivity index (χ0v) is 19.6. The number of aromatic amines is 1. The number of carbonyl (C=O) groups excluding carboxylic acids is 3. The molecule has 0 spiro atoms. The number of nitrogens with zero attached hydrogens (tertiary/aromatic N) is 2. The number of H-pyrrole nitrogens is 1. The number of nitriles is 1. The fourth-order valence-corrected chi connectivity index (χ4v) is 5.93. The number of likely N-dealkylation sites (tertiary alicyclic amines) is 1. The maximum absolute atomic E-state index is 13.5. The van der Waals surface area contributed by atoms with Crippen molar-refractivity contribution in [1.82, 2.24) is 20.5 Å². The van der Waals surface area contributed by atoms with Gasteiger partial charge in [0.2, 0.25) is 11.8 Å². The minimum absolute atomic E-state index is 0.0319. The fourth-order valence-electron chi connectivity index (χ4n) is 5.93. The number of methoxy groups -OCH3 is 1. The zero-order valence-electron chi connectivity index (χ0n) is 19.6. The average Bonchev–Trinajstić information content (AvgIpc) is 3.33. The smallest absolute Gasteiger partial charge is 0.271 e. The Morgan fingerprint density at radius 3 is 2.85 bits per heavy atom. The van der Waals surface area contributed by atoms with Gasteiger partial charge < -0.3 is 25.3 Å². The minimum Gasteiger partial charge on any atom is -0.496 e. The second kappa shape index (κ2) is 8.05. The third-order valence-corrected chi connectivity index (χ3v) is 7.97. The summed E-state index contributed by atoms with van der Waals surface area (Å²) in [5.74, 6) is -0.00490. The van der Waals surface area contributed by atoms with E-state index in [4.69, 9.17) is 4.74 Å². The van der Waals surface area contributed by atoms with Gasteiger partial charge in [0.05, 0.1) is 13.2 Å². The molecule has 1 saturated carbocycles. The van der Waals surface area contributed by atoms with Crippen LogP contribution in [0, 0.1) is 34.5 Å². The predicted octanol–water partition coefficient (Wildman–Crippen LogP) is 1.81. The monoisotopic (exact) mass is 463 g/mol.